The molecule has 0 aliphatic carbocycles. The van der Waals surface area contributed by atoms with Crippen molar-refractivity contribution in [3.8, 4) is 0 Å². The van der Waals surface area contributed by atoms with Crippen molar-refractivity contribution in [1.29, 1.82) is 5.41 Å². The van der Waals surface area contributed by atoms with E-state index in [1.54, 1.807) is 0 Å². The van der Waals surface area contributed by atoms with Crippen LogP contribution in [0.5, 0.6) is 0 Å². The number of nitrogens with one attached hydrogen (secondary N) is 1. The molecule has 0 heterocycles. The third kappa shape index (κ3) is 85.9. The van der Waals surface area contributed by atoms with Gasteiger partial charge < -0.3 is 11.5 Å². The van der Waals surface area contributed by atoms with Crippen molar-refractivity contribution in [3.05, 3.63) is 0 Å². The molecule has 7 heavy (non-hydrogen) atoms. The van der Waals surface area contributed by atoms with Crippen molar-refractivity contribution >= 4 is 81.0 Å². The first kappa shape index (κ1) is 23.3. The van der Waals surface area contributed by atoms with E-state index in [4.69, 9.17) is 5.41 Å². The van der Waals surface area contributed by atoms with Crippen LogP contribution in [0, 0.1) is 5.41 Å². The molecule has 0 unspecified atom stereocenters. The molecule has 5 N–H and O–H groups in total. The van der Waals surface area contributed by atoms with Crippen LogP contribution < -0.4 is 17.6 Å². The van der Waals surface area contributed by atoms with Gasteiger partial charge in [0, 0.05) is 6.15 Å². The summed E-state index contributed by atoms with van der Waals surface area (Å²) < 4.78 is 0. The maximum atomic E-state index is 6.06. The van der Waals surface area contributed by atoms with E-state index in [-0.39, 0.29) is 87.1 Å². The second-order valence-corrected chi connectivity index (χ2v) is 0.455. The Labute approximate surface area is 102 Å². The van der Waals surface area contributed by atoms with Crippen LogP contribution >= 0.6 is 0 Å². The van der Waals surface area contributed by atoms with E-state index in [0.29, 0.717) is 0 Å². The molecule has 35 valence electrons. The van der Waals surface area contributed by atoms with Gasteiger partial charge in [0.1, 0.15) is 0 Å². The third-order valence-corrected chi connectivity index (χ3v) is 0. The Hall–Kier alpha value is 1.71. The quantitative estimate of drug-likeness (QED) is 0.211. The van der Waals surface area contributed by atoms with Crippen molar-refractivity contribution in [2.24, 2.45) is 11.5 Å². The maximum absolute atomic E-state index is 6.06. The van der Waals surface area contributed by atoms with Crippen molar-refractivity contribution in [1.82, 2.24) is 6.15 Å². The van der Waals surface area contributed by atoms with Gasteiger partial charge in [-0.05, 0) is 0 Å². The fraction of sp³-hybridized carbons (Fsp3) is 0. The summed E-state index contributed by atoms with van der Waals surface area (Å²) in [5.74, 6) is -0.333. The average molecular weight is 187 g/mol. The van der Waals surface area contributed by atoms with E-state index >= 15 is 0 Å². The molecular weight excluding hydrogens is 179 g/mol. The summed E-state index contributed by atoms with van der Waals surface area (Å²) in [6.45, 7) is 0. The summed E-state index contributed by atoms with van der Waals surface area (Å²) in [4.78, 5) is 0. The van der Waals surface area contributed by atoms with Gasteiger partial charge in [0.2, 0.25) is 0 Å². The Kier molecular flexibility index (Phi) is 52.2. The van der Waals surface area contributed by atoms with Crippen LogP contribution in [0.15, 0.2) is 0 Å². The van der Waals surface area contributed by atoms with Gasteiger partial charge in [0.15, 0.2) is 5.96 Å². The summed E-state index contributed by atoms with van der Waals surface area (Å²) in [5, 5.41) is 6.06. The normalized spacial score (nSPS) is 3.43. The van der Waals surface area contributed by atoms with Crippen LogP contribution in [0.4, 0.5) is 0 Å². The molecular formula is CH8N4NaSr. The number of guanidine groups is 1. The number of hydrogen-bond acceptors (Lipinski definition) is 1. The molecule has 0 amide bonds. The standard InChI is InChI=1S/CH5N3.N.Na.Sr.3H/c2-1(3)4;;;;;;/h(H5,2,3,4);;;;;;. The van der Waals surface area contributed by atoms with Crippen LogP contribution in [0.3, 0.4) is 0 Å². The minimum absolute atomic E-state index is 0. The molecule has 0 spiro atoms. The molecule has 0 rings (SSSR count). The molecule has 0 fully saturated rings. The van der Waals surface area contributed by atoms with Gasteiger partial charge >= 0.3 is 75.0 Å². The second-order valence-electron chi connectivity index (χ2n) is 0.455. The number of rotatable bonds is 0. The fourth-order valence-electron chi connectivity index (χ4n) is 0. The van der Waals surface area contributed by atoms with Crippen molar-refractivity contribution < 1.29 is 0 Å². The molecule has 3 radical (unpaired) electrons. The molecule has 0 bridgehead atoms. The molecule has 6 heteroatoms. The molecule has 4 nitrogen and oxygen atoms in total. The zero-order chi connectivity index (χ0) is 3.58. The van der Waals surface area contributed by atoms with Gasteiger partial charge in [0.25, 0.3) is 0 Å². The van der Waals surface area contributed by atoms with Crippen LogP contribution in [0.2, 0.25) is 0 Å². The third-order valence-electron chi connectivity index (χ3n) is 0. The van der Waals surface area contributed by atoms with Gasteiger partial charge in [-0.15, -0.1) is 0 Å². The molecule has 0 aromatic heterocycles. The number of hydrogen-bond donors (Lipinski definition) is 3. The van der Waals surface area contributed by atoms with E-state index in [9.17, 15) is 0 Å². The van der Waals surface area contributed by atoms with E-state index in [2.05, 4.69) is 11.5 Å². The summed E-state index contributed by atoms with van der Waals surface area (Å²) in [5.41, 5.74) is 8.94. The predicted octanol–water partition coefficient (Wildman–Crippen LogP) is -3.21. The van der Waals surface area contributed by atoms with E-state index in [1.165, 1.54) is 0 Å². The van der Waals surface area contributed by atoms with Crippen LogP contribution in [-0.2, 0) is 0 Å². The summed E-state index contributed by atoms with van der Waals surface area (Å²) in [6.07, 6.45) is 0. The van der Waals surface area contributed by atoms with E-state index in [1.807, 2.05) is 0 Å². The number of nitrogens with zero attached hydrogens (tertiary/aromatic N) is 1. The van der Waals surface area contributed by atoms with E-state index in [0.717, 1.165) is 0 Å². The second kappa shape index (κ2) is 15.6. The molecule has 0 aliphatic heterocycles. The van der Waals surface area contributed by atoms with Crippen molar-refractivity contribution in [2.45, 2.75) is 0 Å². The Morgan fingerprint density at radius 3 is 1.29 bits per heavy atom. The Balaban J connectivity index is -0.0000000150. The number of nitrogens with two attached hydrogens (primary N) is 2. The molecule has 0 saturated heterocycles. The summed E-state index contributed by atoms with van der Waals surface area (Å²) in [7, 11) is 0. The molecule has 0 aromatic carbocycles. The fourth-order valence-corrected chi connectivity index (χ4v) is 0. The van der Waals surface area contributed by atoms with Gasteiger partial charge in [-0.3, -0.25) is 5.41 Å². The summed E-state index contributed by atoms with van der Waals surface area (Å²) in [6, 6.07) is 0. The SMILES string of the molecule is N=C(N)N.[N].[NaH].[SrH2]. The average Bonchev–Trinajstić information content (AvgIpc) is 0.811. The first-order valence-corrected chi connectivity index (χ1v) is 0.827. The van der Waals surface area contributed by atoms with Crippen molar-refractivity contribution in [2.75, 3.05) is 0 Å². The zero-order valence-electron chi connectivity index (χ0n) is 2.60. The first-order valence-electron chi connectivity index (χ1n) is 0.827. The van der Waals surface area contributed by atoms with Crippen LogP contribution in [0.25, 0.3) is 0 Å². The zero-order valence-corrected chi connectivity index (χ0v) is 2.60. The van der Waals surface area contributed by atoms with Crippen molar-refractivity contribution in [3.63, 3.8) is 0 Å². The van der Waals surface area contributed by atoms with Gasteiger partial charge in [-0.1, -0.05) is 0 Å². The van der Waals surface area contributed by atoms with Crippen LogP contribution in [0.1, 0.15) is 0 Å². The first-order chi connectivity index (χ1) is 1.73. The Morgan fingerprint density at radius 1 is 1.29 bits per heavy atom. The molecule has 0 atom stereocenters. The van der Waals surface area contributed by atoms with Gasteiger partial charge in [0.05, 0.1) is 0 Å². The monoisotopic (exact) mass is 187 g/mol. The Bertz CT molecular complexity index is 34.7. The van der Waals surface area contributed by atoms with Crippen LogP contribution in [-0.4, -0.2) is 81.0 Å². The molecule has 0 saturated carbocycles. The summed E-state index contributed by atoms with van der Waals surface area (Å²) >= 11 is 0. The molecule has 0 aromatic rings. The molecule has 0 aliphatic rings. The minimum atomic E-state index is -0.333. The van der Waals surface area contributed by atoms with E-state index < -0.39 is 0 Å². The predicted molar refractivity (Wildman–Crippen MR) is 33.9 cm³/mol. The van der Waals surface area contributed by atoms with Gasteiger partial charge in [-0.2, -0.15) is 0 Å². The van der Waals surface area contributed by atoms with Gasteiger partial charge in [-0.25, -0.2) is 0 Å². The topological polar surface area (TPSA) is 106 Å². The Morgan fingerprint density at radius 2 is 1.29 bits per heavy atom.